The molecule has 0 heterocycles. The lowest BCUT2D eigenvalue weighted by molar-refractivity contribution is -0.153. The van der Waals surface area contributed by atoms with E-state index >= 15 is 0 Å². The summed E-state index contributed by atoms with van der Waals surface area (Å²) in [7, 11) is 0. The molecule has 21 heavy (non-hydrogen) atoms. The molecule has 0 aromatic heterocycles. The molecule has 0 saturated heterocycles. The first-order valence-corrected chi connectivity index (χ1v) is 6.82. The van der Waals surface area contributed by atoms with Crippen LogP contribution in [0.4, 0.5) is 4.79 Å². The average Bonchev–Trinajstić information content (AvgIpc) is 2.41. The average molecular weight is 313 g/mol. The second-order valence-corrected chi connectivity index (χ2v) is 4.72. The number of urea groups is 1. The molecule has 3 amide bonds. The van der Waals surface area contributed by atoms with E-state index in [2.05, 4.69) is 10.6 Å². The van der Waals surface area contributed by atoms with E-state index in [1.54, 1.807) is 31.2 Å². The number of hydrogen-bond donors (Lipinski definition) is 2. The van der Waals surface area contributed by atoms with Crippen molar-refractivity contribution in [3.05, 3.63) is 34.9 Å². The van der Waals surface area contributed by atoms with E-state index in [0.717, 1.165) is 5.56 Å². The number of ether oxygens (including phenoxy) is 1. The van der Waals surface area contributed by atoms with E-state index in [1.165, 1.54) is 6.92 Å². The van der Waals surface area contributed by atoms with E-state index in [4.69, 9.17) is 16.3 Å². The second kappa shape index (κ2) is 8.26. The third-order valence-corrected chi connectivity index (χ3v) is 2.77. The SMILES string of the molecule is CCNC(=O)NC(=O)[C@@H](C)OC(=O)Cc1ccc(Cl)cc1. The van der Waals surface area contributed by atoms with Crippen LogP contribution in [0.5, 0.6) is 0 Å². The lowest BCUT2D eigenvalue weighted by Gasteiger charge is -2.13. The van der Waals surface area contributed by atoms with Crippen molar-refractivity contribution in [2.75, 3.05) is 6.54 Å². The van der Waals surface area contributed by atoms with Gasteiger partial charge in [-0.3, -0.25) is 14.9 Å². The molecule has 0 spiro atoms. The van der Waals surface area contributed by atoms with Gasteiger partial charge in [0.15, 0.2) is 6.10 Å². The fourth-order valence-corrected chi connectivity index (χ4v) is 1.61. The summed E-state index contributed by atoms with van der Waals surface area (Å²) in [4.78, 5) is 34.5. The van der Waals surface area contributed by atoms with Crippen molar-refractivity contribution in [3.8, 4) is 0 Å². The zero-order chi connectivity index (χ0) is 15.8. The highest BCUT2D eigenvalue weighted by atomic mass is 35.5. The van der Waals surface area contributed by atoms with Crippen LogP contribution in [0.1, 0.15) is 19.4 Å². The summed E-state index contributed by atoms with van der Waals surface area (Å²) in [6.45, 7) is 3.51. The molecule has 0 aliphatic rings. The van der Waals surface area contributed by atoms with Crippen molar-refractivity contribution >= 4 is 29.5 Å². The smallest absolute Gasteiger partial charge is 0.321 e. The van der Waals surface area contributed by atoms with Crippen molar-refractivity contribution in [2.45, 2.75) is 26.4 Å². The molecule has 1 aromatic carbocycles. The third kappa shape index (κ3) is 6.27. The van der Waals surface area contributed by atoms with E-state index < -0.39 is 24.0 Å². The van der Waals surface area contributed by atoms with Gasteiger partial charge >= 0.3 is 12.0 Å². The van der Waals surface area contributed by atoms with Gasteiger partial charge in [-0.15, -0.1) is 0 Å². The Morgan fingerprint density at radius 1 is 1.24 bits per heavy atom. The topological polar surface area (TPSA) is 84.5 Å². The molecular formula is C14H17ClN2O4. The predicted octanol–water partition coefficient (Wildman–Crippen LogP) is 1.66. The van der Waals surface area contributed by atoms with E-state index in [0.29, 0.717) is 11.6 Å². The van der Waals surface area contributed by atoms with Crippen LogP contribution in [0.15, 0.2) is 24.3 Å². The van der Waals surface area contributed by atoms with Gasteiger partial charge in [-0.2, -0.15) is 0 Å². The van der Waals surface area contributed by atoms with Crippen LogP contribution < -0.4 is 10.6 Å². The summed E-state index contributed by atoms with van der Waals surface area (Å²) in [6, 6.07) is 6.10. The molecule has 2 N–H and O–H groups in total. The number of esters is 1. The summed E-state index contributed by atoms with van der Waals surface area (Å²) in [6.07, 6.45) is -1.02. The van der Waals surface area contributed by atoms with E-state index in [1.807, 2.05) is 0 Å². The van der Waals surface area contributed by atoms with Crippen molar-refractivity contribution in [1.82, 2.24) is 10.6 Å². The molecule has 0 saturated carbocycles. The van der Waals surface area contributed by atoms with Crippen LogP contribution in [0.3, 0.4) is 0 Å². The molecule has 114 valence electrons. The summed E-state index contributed by atoms with van der Waals surface area (Å²) >= 11 is 5.74. The van der Waals surface area contributed by atoms with Crippen molar-refractivity contribution < 1.29 is 19.1 Å². The molecule has 1 atom stereocenters. The maximum absolute atomic E-state index is 11.7. The Kier molecular flexibility index (Phi) is 6.68. The Morgan fingerprint density at radius 2 is 1.86 bits per heavy atom. The van der Waals surface area contributed by atoms with Crippen LogP contribution in [0, 0.1) is 0 Å². The largest absolute Gasteiger partial charge is 0.452 e. The third-order valence-electron chi connectivity index (χ3n) is 2.51. The highest BCUT2D eigenvalue weighted by molar-refractivity contribution is 6.30. The number of halogens is 1. The summed E-state index contributed by atoms with van der Waals surface area (Å²) in [5, 5.41) is 5.05. The van der Waals surface area contributed by atoms with Crippen molar-refractivity contribution in [1.29, 1.82) is 0 Å². The van der Waals surface area contributed by atoms with Crippen LogP contribution >= 0.6 is 11.6 Å². The summed E-state index contributed by atoms with van der Waals surface area (Å²) in [5.41, 5.74) is 0.723. The van der Waals surface area contributed by atoms with Crippen LogP contribution in [-0.2, 0) is 20.7 Å². The molecule has 0 radical (unpaired) electrons. The Morgan fingerprint density at radius 3 is 2.43 bits per heavy atom. The zero-order valence-corrected chi connectivity index (χ0v) is 12.6. The van der Waals surface area contributed by atoms with Crippen molar-refractivity contribution in [3.63, 3.8) is 0 Å². The summed E-state index contributed by atoms with van der Waals surface area (Å²) in [5.74, 6) is -1.23. The Balaban J connectivity index is 2.44. The van der Waals surface area contributed by atoms with Crippen LogP contribution in [-0.4, -0.2) is 30.6 Å². The molecule has 6 nitrogen and oxygen atoms in total. The highest BCUT2D eigenvalue weighted by Crippen LogP contribution is 2.10. The number of hydrogen-bond acceptors (Lipinski definition) is 4. The first-order valence-electron chi connectivity index (χ1n) is 6.45. The zero-order valence-electron chi connectivity index (χ0n) is 11.8. The lowest BCUT2D eigenvalue weighted by Crippen LogP contribution is -2.44. The molecule has 0 fully saturated rings. The van der Waals surface area contributed by atoms with Gasteiger partial charge in [0.1, 0.15) is 0 Å². The first-order chi connectivity index (χ1) is 9.92. The molecule has 0 bridgehead atoms. The highest BCUT2D eigenvalue weighted by Gasteiger charge is 2.19. The second-order valence-electron chi connectivity index (χ2n) is 4.28. The Bertz CT molecular complexity index is 516. The maximum atomic E-state index is 11.7. The van der Waals surface area contributed by atoms with Gasteiger partial charge in [0, 0.05) is 11.6 Å². The number of rotatable bonds is 5. The van der Waals surface area contributed by atoms with Gasteiger partial charge in [0.2, 0.25) is 0 Å². The van der Waals surface area contributed by atoms with Crippen LogP contribution in [0.2, 0.25) is 5.02 Å². The summed E-state index contributed by atoms with van der Waals surface area (Å²) < 4.78 is 4.96. The first kappa shape index (κ1) is 17.0. The number of imide groups is 1. The maximum Gasteiger partial charge on any atom is 0.321 e. The molecule has 0 unspecified atom stereocenters. The quantitative estimate of drug-likeness (QED) is 0.810. The number of nitrogens with one attached hydrogen (secondary N) is 2. The minimum atomic E-state index is -1.05. The molecule has 7 heteroatoms. The fourth-order valence-electron chi connectivity index (χ4n) is 1.48. The number of amides is 3. The standard InChI is InChI=1S/C14H17ClN2O4/c1-3-16-14(20)17-13(19)9(2)21-12(18)8-10-4-6-11(15)7-5-10/h4-7,9H,3,8H2,1-2H3,(H2,16,17,19,20)/t9-/m1/s1. The van der Waals surface area contributed by atoms with E-state index in [-0.39, 0.29) is 6.42 Å². The van der Waals surface area contributed by atoms with Gasteiger partial charge in [0.25, 0.3) is 5.91 Å². The molecule has 1 rings (SSSR count). The van der Waals surface area contributed by atoms with E-state index in [9.17, 15) is 14.4 Å². The monoisotopic (exact) mass is 312 g/mol. The molecule has 1 aromatic rings. The van der Waals surface area contributed by atoms with Crippen molar-refractivity contribution in [2.24, 2.45) is 0 Å². The Hall–Kier alpha value is -2.08. The molecule has 0 aliphatic heterocycles. The van der Waals surface area contributed by atoms with Gasteiger partial charge < -0.3 is 10.1 Å². The normalized spacial score (nSPS) is 11.4. The van der Waals surface area contributed by atoms with Gasteiger partial charge in [-0.25, -0.2) is 4.79 Å². The van der Waals surface area contributed by atoms with Gasteiger partial charge in [0.05, 0.1) is 6.42 Å². The minimum absolute atomic E-state index is 0.0238. The number of carbonyl (C=O) groups is 3. The lowest BCUT2D eigenvalue weighted by atomic mass is 10.1. The van der Waals surface area contributed by atoms with Crippen LogP contribution in [0.25, 0.3) is 0 Å². The predicted molar refractivity (Wildman–Crippen MR) is 77.9 cm³/mol. The molecular weight excluding hydrogens is 296 g/mol. The fraction of sp³-hybridized carbons (Fsp3) is 0.357. The number of carbonyl (C=O) groups excluding carboxylic acids is 3. The molecule has 0 aliphatic carbocycles. The van der Waals surface area contributed by atoms with Gasteiger partial charge in [-0.05, 0) is 31.5 Å². The van der Waals surface area contributed by atoms with Gasteiger partial charge in [-0.1, -0.05) is 23.7 Å². The minimum Gasteiger partial charge on any atom is -0.452 e. The number of benzene rings is 1. The Labute approximate surface area is 127 Å².